The van der Waals surface area contributed by atoms with E-state index in [1.165, 1.54) is 11.8 Å². The van der Waals surface area contributed by atoms with Crippen molar-refractivity contribution < 1.29 is 4.79 Å². The van der Waals surface area contributed by atoms with Crippen LogP contribution in [0.25, 0.3) is 11.0 Å². The molecule has 1 amide bonds. The van der Waals surface area contributed by atoms with E-state index in [0.29, 0.717) is 12.2 Å². The maximum Gasteiger partial charge on any atom is 0.218 e. The number of carbonyl (C=O) groups is 1. The first kappa shape index (κ1) is 10.9. The van der Waals surface area contributed by atoms with E-state index >= 15 is 0 Å². The van der Waals surface area contributed by atoms with Crippen LogP contribution in [0.4, 0.5) is 0 Å². The highest BCUT2D eigenvalue weighted by Crippen LogP contribution is 2.18. The summed E-state index contributed by atoms with van der Waals surface area (Å²) in [7, 11) is 0. The van der Waals surface area contributed by atoms with Crippen molar-refractivity contribution in [2.45, 2.75) is 11.4 Å². The first-order valence-corrected chi connectivity index (χ1v) is 5.87. The number of hydrogen-bond acceptors (Lipinski definition) is 4. The number of benzene rings is 1. The smallest absolute Gasteiger partial charge is 0.218 e. The summed E-state index contributed by atoms with van der Waals surface area (Å²) in [5, 5.41) is 0.819. The van der Waals surface area contributed by atoms with E-state index in [9.17, 15) is 4.79 Å². The Balaban J connectivity index is 2.10. The number of fused-ring (bicyclic) bond motifs is 1. The third-order valence-corrected chi connectivity index (χ3v) is 2.93. The fourth-order valence-corrected chi connectivity index (χ4v) is 2.07. The van der Waals surface area contributed by atoms with Crippen LogP contribution >= 0.6 is 11.8 Å². The van der Waals surface area contributed by atoms with E-state index in [4.69, 9.17) is 5.73 Å². The number of thioether (sulfide) groups is 1. The van der Waals surface area contributed by atoms with Crippen molar-refractivity contribution >= 4 is 28.7 Å². The molecule has 0 aliphatic carbocycles. The van der Waals surface area contributed by atoms with Crippen LogP contribution in [0, 0.1) is 0 Å². The summed E-state index contributed by atoms with van der Waals surface area (Å²) in [4.78, 5) is 19.3. The number of nitrogens with two attached hydrogens (primary N) is 1. The second-order valence-electron chi connectivity index (χ2n) is 3.26. The van der Waals surface area contributed by atoms with E-state index in [0.717, 1.165) is 16.1 Å². The van der Waals surface area contributed by atoms with E-state index < -0.39 is 0 Å². The molecule has 4 nitrogen and oxygen atoms in total. The third-order valence-electron chi connectivity index (χ3n) is 2.02. The summed E-state index contributed by atoms with van der Waals surface area (Å²) in [6.45, 7) is 0. The molecule has 0 radical (unpaired) electrons. The summed E-state index contributed by atoms with van der Waals surface area (Å²) in [6, 6.07) is 7.69. The van der Waals surface area contributed by atoms with Gasteiger partial charge in [0.15, 0.2) is 0 Å². The molecule has 1 aromatic heterocycles. The molecule has 5 heteroatoms. The first-order valence-electron chi connectivity index (χ1n) is 4.88. The summed E-state index contributed by atoms with van der Waals surface area (Å²) in [5.41, 5.74) is 6.80. The van der Waals surface area contributed by atoms with Crippen molar-refractivity contribution in [1.29, 1.82) is 0 Å². The van der Waals surface area contributed by atoms with Crippen LogP contribution < -0.4 is 5.73 Å². The normalized spacial score (nSPS) is 10.5. The SMILES string of the molecule is NC(=O)CCSc1cnc2ccccc2n1. The second-order valence-corrected chi connectivity index (χ2v) is 4.38. The van der Waals surface area contributed by atoms with Gasteiger partial charge in [0.05, 0.1) is 17.2 Å². The van der Waals surface area contributed by atoms with Crippen LogP contribution in [-0.4, -0.2) is 21.6 Å². The minimum absolute atomic E-state index is 0.291. The van der Waals surface area contributed by atoms with E-state index in [1.54, 1.807) is 6.20 Å². The first-order chi connectivity index (χ1) is 7.75. The highest BCUT2D eigenvalue weighted by Gasteiger charge is 2.01. The zero-order chi connectivity index (χ0) is 11.4. The van der Waals surface area contributed by atoms with Crippen LogP contribution in [0.1, 0.15) is 6.42 Å². The molecule has 0 unspecified atom stereocenters. The summed E-state index contributed by atoms with van der Waals surface area (Å²) in [6.07, 6.45) is 2.08. The van der Waals surface area contributed by atoms with Crippen LogP contribution in [-0.2, 0) is 4.79 Å². The minimum Gasteiger partial charge on any atom is -0.370 e. The predicted molar refractivity (Wildman–Crippen MR) is 64.1 cm³/mol. The van der Waals surface area contributed by atoms with Crippen molar-refractivity contribution in [3.63, 3.8) is 0 Å². The molecule has 0 spiro atoms. The number of para-hydroxylation sites is 2. The van der Waals surface area contributed by atoms with Gasteiger partial charge in [-0.3, -0.25) is 9.78 Å². The molecule has 0 aliphatic rings. The quantitative estimate of drug-likeness (QED) is 0.814. The molecule has 1 heterocycles. The number of aromatic nitrogens is 2. The van der Waals surface area contributed by atoms with Crippen LogP contribution in [0.15, 0.2) is 35.5 Å². The van der Waals surface area contributed by atoms with Gasteiger partial charge in [-0.15, -0.1) is 11.8 Å². The highest BCUT2D eigenvalue weighted by atomic mass is 32.2. The maximum absolute atomic E-state index is 10.6. The van der Waals surface area contributed by atoms with Gasteiger partial charge in [-0.25, -0.2) is 4.98 Å². The van der Waals surface area contributed by atoms with E-state index in [2.05, 4.69) is 9.97 Å². The molecule has 82 valence electrons. The lowest BCUT2D eigenvalue weighted by atomic mass is 10.3. The Labute approximate surface area is 97.3 Å². The molecule has 0 saturated carbocycles. The molecule has 2 N–H and O–H groups in total. The molecule has 0 bridgehead atoms. The molecule has 2 aromatic rings. The number of rotatable bonds is 4. The largest absolute Gasteiger partial charge is 0.370 e. The number of nitrogens with zero attached hydrogens (tertiary/aromatic N) is 2. The van der Waals surface area contributed by atoms with Gasteiger partial charge in [-0.05, 0) is 12.1 Å². The van der Waals surface area contributed by atoms with Gasteiger partial charge in [0.25, 0.3) is 0 Å². The van der Waals surface area contributed by atoms with Gasteiger partial charge < -0.3 is 5.73 Å². The Bertz CT molecular complexity index is 515. The van der Waals surface area contributed by atoms with Crippen molar-refractivity contribution in [3.8, 4) is 0 Å². The average molecular weight is 233 g/mol. The van der Waals surface area contributed by atoms with Crippen molar-refractivity contribution in [2.24, 2.45) is 5.73 Å². The van der Waals surface area contributed by atoms with Crippen molar-refractivity contribution in [3.05, 3.63) is 30.5 Å². The lowest BCUT2D eigenvalue weighted by molar-refractivity contribution is -0.117. The minimum atomic E-state index is -0.291. The Kier molecular flexibility index (Phi) is 3.36. The Morgan fingerprint density at radius 3 is 2.81 bits per heavy atom. The third kappa shape index (κ3) is 2.70. The van der Waals surface area contributed by atoms with Gasteiger partial charge >= 0.3 is 0 Å². The lowest BCUT2D eigenvalue weighted by Gasteiger charge is -2.00. The van der Waals surface area contributed by atoms with Gasteiger partial charge in [0.2, 0.25) is 5.91 Å². The number of hydrogen-bond donors (Lipinski definition) is 1. The van der Waals surface area contributed by atoms with Crippen LogP contribution in [0.5, 0.6) is 0 Å². The molecule has 2 rings (SSSR count). The topological polar surface area (TPSA) is 68.9 Å². The number of amides is 1. The molecular weight excluding hydrogens is 222 g/mol. The predicted octanol–water partition coefficient (Wildman–Crippen LogP) is 1.60. The van der Waals surface area contributed by atoms with Gasteiger partial charge in [-0.2, -0.15) is 0 Å². The fraction of sp³-hybridized carbons (Fsp3) is 0.182. The van der Waals surface area contributed by atoms with Crippen molar-refractivity contribution in [2.75, 3.05) is 5.75 Å². The molecule has 0 saturated heterocycles. The highest BCUT2D eigenvalue weighted by molar-refractivity contribution is 7.99. The average Bonchev–Trinajstić information content (AvgIpc) is 2.28. The van der Waals surface area contributed by atoms with Crippen LogP contribution in [0.2, 0.25) is 0 Å². The maximum atomic E-state index is 10.6. The molecular formula is C11H11N3OS. The standard InChI is InChI=1S/C11H11N3OS/c12-10(15)5-6-16-11-7-13-8-3-1-2-4-9(8)14-11/h1-4,7H,5-6H2,(H2,12,15). The molecule has 16 heavy (non-hydrogen) atoms. The van der Waals surface area contributed by atoms with Gasteiger partial charge in [0.1, 0.15) is 5.03 Å². The zero-order valence-electron chi connectivity index (χ0n) is 8.59. The Morgan fingerprint density at radius 2 is 2.06 bits per heavy atom. The van der Waals surface area contributed by atoms with Gasteiger partial charge in [-0.1, -0.05) is 12.1 Å². The van der Waals surface area contributed by atoms with E-state index in [-0.39, 0.29) is 5.91 Å². The number of primary amides is 1. The molecule has 1 aromatic carbocycles. The number of carbonyl (C=O) groups excluding carboxylic acids is 1. The van der Waals surface area contributed by atoms with Gasteiger partial charge in [0, 0.05) is 12.2 Å². The Hall–Kier alpha value is -1.62. The zero-order valence-corrected chi connectivity index (χ0v) is 9.41. The summed E-state index contributed by atoms with van der Waals surface area (Å²) >= 11 is 1.49. The van der Waals surface area contributed by atoms with Crippen LogP contribution in [0.3, 0.4) is 0 Å². The molecule has 0 fully saturated rings. The molecule has 0 aliphatic heterocycles. The Morgan fingerprint density at radius 1 is 1.31 bits per heavy atom. The van der Waals surface area contributed by atoms with Crippen molar-refractivity contribution in [1.82, 2.24) is 9.97 Å². The summed E-state index contributed by atoms with van der Waals surface area (Å²) in [5.74, 6) is 0.351. The summed E-state index contributed by atoms with van der Waals surface area (Å²) < 4.78 is 0. The monoisotopic (exact) mass is 233 g/mol. The van der Waals surface area contributed by atoms with E-state index in [1.807, 2.05) is 24.3 Å². The lowest BCUT2D eigenvalue weighted by Crippen LogP contribution is -2.10. The molecule has 0 atom stereocenters. The fourth-order valence-electron chi connectivity index (χ4n) is 1.27. The second kappa shape index (κ2) is 4.94.